The van der Waals surface area contributed by atoms with Crippen LogP contribution in [-0.4, -0.2) is 67.6 Å². The molecule has 0 aromatic rings. The highest BCUT2D eigenvalue weighted by Crippen LogP contribution is 2.38. The molecule has 2 aliphatic heterocycles. The molecule has 7 nitrogen and oxygen atoms in total. The van der Waals surface area contributed by atoms with Crippen LogP contribution in [0, 0.1) is 11.8 Å². The minimum Gasteiger partial charge on any atom is -0.370 e. The number of hydrogen-bond donors (Lipinski definition) is 2. The average Bonchev–Trinajstić information content (AvgIpc) is 3.02. The van der Waals surface area contributed by atoms with Gasteiger partial charge in [0, 0.05) is 25.8 Å². The van der Waals surface area contributed by atoms with Gasteiger partial charge in [-0.15, -0.1) is 0 Å². The predicted octanol–water partition coefficient (Wildman–Crippen LogP) is 0.286. The summed E-state index contributed by atoms with van der Waals surface area (Å²) in [6.45, 7) is 4.53. The van der Waals surface area contributed by atoms with Crippen LogP contribution in [0.5, 0.6) is 0 Å². The standard InChI is InChI=1S/C22H35N3O4/c26-19(8-11-25-20(27)17-6-2-3-7-18(17)21(25)28)23-16-22(9-4-1-5-10-22)24-12-14-29-15-13-24/h17-18H,1-16H2,(H,23,26)/p+1/t17-,18+. The Morgan fingerprint density at radius 3 is 2.24 bits per heavy atom. The zero-order valence-electron chi connectivity index (χ0n) is 17.5. The fourth-order valence-electron chi connectivity index (χ4n) is 6.05. The lowest BCUT2D eigenvalue weighted by Crippen LogP contribution is -3.23. The first-order valence-corrected chi connectivity index (χ1v) is 11.7. The fourth-order valence-corrected chi connectivity index (χ4v) is 6.05. The summed E-state index contributed by atoms with van der Waals surface area (Å²) in [6.07, 6.45) is 9.93. The molecule has 4 rings (SSSR count). The lowest BCUT2D eigenvalue weighted by molar-refractivity contribution is -0.960. The van der Waals surface area contributed by atoms with Crippen LogP contribution in [-0.2, 0) is 19.1 Å². The quantitative estimate of drug-likeness (QED) is 0.622. The highest BCUT2D eigenvalue weighted by atomic mass is 16.5. The number of morpholine rings is 1. The van der Waals surface area contributed by atoms with Crippen LogP contribution < -0.4 is 10.2 Å². The van der Waals surface area contributed by atoms with E-state index in [1.165, 1.54) is 24.2 Å². The minimum atomic E-state index is -0.130. The van der Waals surface area contributed by atoms with Crippen LogP contribution in [0.3, 0.4) is 0 Å². The van der Waals surface area contributed by atoms with Crippen molar-refractivity contribution >= 4 is 17.7 Å². The Morgan fingerprint density at radius 1 is 1.00 bits per heavy atom. The summed E-state index contributed by atoms with van der Waals surface area (Å²) >= 11 is 0. The number of quaternary nitrogens is 1. The van der Waals surface area contributed by atoms with Gasteiger partial charge in [-0.1, -0.05) is 19.3 Å². The third-order valence-electron chi connectivity index (χ3n) is 7.78. The molecule has 162 valence electrons. The van der Waals surface area contributed by atoms with E-state index >= 15 is 0 Å². The summed E-state index contributed by atoms with van der Waals surface area (Å²) in [5.74, 6) is -0.398. The summed E-state index contributed by atoms with van der Waals surface area (Å²) < 4.78 is 5.54. The smallest absolute Gasteiger partial charge is 0.233 e. The monoisotopic (exact) mass is 406 g/mol. The van der Waals surface area contributed by atoms with E-state index in [-0.39, 0.29) is 48.1 Å². The van der Waals surface area contributed by atoms with Gasteiger partial charge in [-0.05, 0) is 25.7 Å². The van der Waals surface area contributed by atoms with E-state index in [1.54, 1.807) is 4.90 Å². The molecular weight excluding hydrogens is 370 g/mol. The summed E-state index contributed by atoms with van der Waals surface area (Å²) in [5.41, 5.74) is 0.117. The van der Waals surface area contributed by atoms with E-state index in [0.29, 0.717) is 6.54 Å². The molecule has 0 unspecified atom stereocenters. The lowest BCUT2D eigenvalue weighted by atomic mass is 9.79. The molecule has 2 heterocycles. The van der Waals surface area contributed by atoms with E-state index < -0.39 is 0 Å². The molecule has 3 amide bonds. The van der Waals surface area contributed by atoms with Gasteiger partial charge in [0.2, 0.25) is 17.7 Å². The van der Waals surface area contributed by atoms with Crippen LogP contribution in [0.2, 0.25) is 0 Å². The normalized spacial score (nSPS) is 30.3. The van der Waals surface area contributed by atoms with Gasteiger partial charge in [-0.25, -0.2) is 0 Å². The van der Waals surface area contributed by atoms with Gasteiger partial charge in [0.15, 0.2) is 0 Å². The largest absolute Gasteiger partial charge is 0.370 e. The molecule has 7 heteroatoms. The van der Waals surface area contributed by atoms with Crippen molar-refractivity contribution in [1.82, 2.24) is 10.2 Å². The molecule has 0 aromatic heterocycles. The Labute approximate surface area is 173 Å². The Morgan fingerprint density at radius 2 is 1.62 bits per heavy atom. The number of imide groups is 1. The second-order valence-electron chi connectivity index (χ2n) is 9.41. The van der Waals surface area contributed by atoms with Crippen LogP contribution in [0.4, 0.5) is 0 Å². The zero-order chi connectivity index (χ0) is 20.3. The zero-order valence-corrected chi connectivity index (χ0v) is 17.5. The first-order valence-electron chi connectivity index (χ1n) is 11.7. The highest BCUT2D eigenvalue weighted by molar-refractivity contribution is 6.05. The molecule has 0 spiro atoms. The first kappa shape index (κ1) is 20.8. The number of nitrogens with zero attached hydrogens (tertiary/aromatic N) is 1. The van der Waals surface area contributed by atoms with Gasteiger partial charge >= 0.3 is 0 Å². The number of hydrogen-bond acceptors (Lipinski definition) is 4. The van der Waals surface area contributed by atoms with Crippen molar-refractivity contribution in [3.05, 3.63) is 0 Å². The second kappa shape index (κ2) is 9.13. The third-order valence-corrected chi connectivity index (χ3v) is 7.78. The summed E-state index contributed by atoms with van der Waals surface area (Å²) in [4.78, 5) is 40.7. The molecule has 2 saturated heterocycles. The molecule has 2 aliphatic carbocycles. The SMILES string of the molecule is O=C(CCN1C(=O)[C@H]2CCCC[C@H]2C1=O)NCC1([NH+]2CCOCC2)CCCCC1. The molecule has 2 atom stereocenters. The van der Waals surface area contributed by atoms with Crippen molar-refractivity contribution in [3.8, 4) is 0 Å². The van der Waals surface area contributed by atoms with Crippen LogP contribution >= 0.6 is 0 Å². The van der Waals surface area contributed by atoms with Gasteiger partial charge < -0.3 is 15.0 Å². The summed E-state index contributed by atoms with van der Waals surface area (Å²) in [7, 11) is 0. The Kier molecular flexibility index (Phi) is 6.54. The number of fused-ring (bicyclic) bond motifs is 1. The topological polar surface area (TPSA) is 80.2 Å². The number of carbonyl (C=O) groups excluding carboxylic acids is 3. The fraction of sp³-hybridized carbons (Fsp3) is 0.864. The average molecular weight is 407 g/mol. The molecule has 29 heavy (non-hydrogen) atoms. The predicted molar refractivity (Wildman–Crippen MR) is 107 cm³/mol. The molecular formula is C22H36N3O4+. The van der Waals surface area contributed by atoms with Gasteiger partial charge in [-0.2, -0.15) is 0 Å². The molecule has 2 N–H and O–H groups in total. The number of amides is 3. The van der Waals surface area contributed by atoms with Crippen molar-refractivity contribution in [2.24, 2.45) is 11.8 Å². The maximum atomic E-state index is 12.6. The van der Waals surface area contributed by atoms with E-state index in [2.05, 4.69) is 5.32 Å². The highest BCUT2D eigenvalue weighted by Gasteiger charge is 2.48. The van der Waals surface area contributed by atoms with Crippen LogP contribution in [0.25, 0.3) is 0 Å². The van der Waals surface area contributed by atoms with Crippen molar-refractivity contribution in [1.29, 1.82) is 0 Å². The molecule has 0 bridgehead atoms. The van der Waals surface area contributed by atoms with Gasteiger partial charge in [0.05, 0.1) is 31.6 Å². The molecule has 4 fully saturated rings. The maximum absolute atomic E-state index is 12.6. The van der Waals surface area contributed by atoms with Gasteiger partial charge in [0.1, 0.15) is 18.6 Å². The number of nitrogens with one attached hydrogen (secondary N) is 2. The molecule has 2 saturated carbocycles. The lowest BCUT2D eigenvalue weighted by Gasteiger charge is -2.45. The van der Waals surface area contributed by atoms with Crippen molar-refractivity contribution in [3.63, 3.8) is 0 Å². The first-order chi connectivity index (χ1) is 14.1. The van der Waals surface area contributed by atoms with E-state index in [1.807, 2.05) is 0 Å². The summed E-state index contributed by atoms with van der Waals surface area (Å²) in [5, 5.41) is 3.16. The Balaban J connectivity index is 1.29. The van der Waals surface area contributed by atoms with E-state index in [0.717, 1.165) is 64.8 Å². The summed E-state index contributed by atoms with van der Waals surface area (Å²) in [6, 6.07) is 0. The third kappa shape index (κ3) is 4.36. The minimum absolute atomic E-state index is 0.0434. The number of rotatable bonds is 6. The number of carbonyl (C=O) groups is 3. The number of ether oxygens (including phenoxy) is 1. The maximum Gasteiger partial charge on any atom is 0.233 e. The Bertz CT molecular complexity index is 602. The Hall–Kier alpha value is -1.47. The van der Waals surface area contributed by atoms with Crippen molar-refractivity contribution < 1.29 is 24.0 Å². The van der Waals surface area contributed by atoms with E-state index in [9.17, 15) is 14.4 Å². The van der Waals surface area contributed by atoms with Crippen molar-refractivity contribution in [2.45, 2.75) is 69.7 Å². The van der Waals surface area contributed by atoms with E-state index in [4.69, 9.17) is 4.74 Å². The molecule has 0 radical (unpaired) electrons. The van der Waals surface area contributed by atoms with Crippen molar-refractivity contribution in [2.75, 3.05) is 39.4 Å². The van der Waals surface area contributed by atoms with Gasteiger partial charge in [-0.3, -0.25) is 19.3 Å². The van der Waals surface area contributed by atoms with Gasteiger partial charge in [0.25, 0.3) is 0 Å². The molecule has 0 aromatic carbocycles. The van der Waals surface area contributed by atoms with Crippen LogP contribution in [0.1, 0.15) is 64.2 Å². The van der Waals surface area contributed by atoms with Crippen LogP contribution in [0.15, 0.2) is 0 Å². The molecule has 4 aliphatic rings. The number of likely N-dealkylation sites (tertiary alicyclic amines) is 1. The second-order valence-corrected chi connectivity index (χ2v) is 9.41.